The highest BCUT2D eigenvalue weighted by atomic mass is 35.5. The molecule has 0 aliphatic carbocycles. The summed E-state index contributed by atoms with van der Waals surface area (Å²) in [5.41, 5.74) is 1.02. The molecule has 1 fully saturated rings. The lowest BCUT2D eigenvalue weighted by Crippen LogP contribution is -2.38. The Morgan fingerprint density at radius 1 is 1.44 bits per heavy atom. The van der Waals surface area contributed by atoms with E-state index in [0.717, 1.165) is 0 Å². The monoisotopic (exact) mass is 406 g/mol. The Balaban J connectivity index is 1.69. The van der Waals surface area contributed by atoms with E-state index in [1.807, 2.05) is 6.07 Å². The van der Waals surface area contributed by atoms with E-state index >= 15 is 0 Å². The standard InChI is InChI=1S/C17H19ClN6O2S/c1-27(25,26)24-7-5-12(6-8-24)11-20-16-15(10-19)17(23-22-16)21-14-4-2-3-13(18)9-14/h2-4,9,11-12H,5-8H2,1H3,(H2,21,22,23)/b20-11+. The highest BCUT2D eigenvalue weighted by Crippen LogP contribution is 2.27. The average molecular weight is 407 g/mol. The fourth-order valence-corrected chi connectivity index (χ4v) is 3.93. The van der Waals surface area contributed by atoms with Gasteiger partial charge in [-0.05, 0) is 37.0 Å². The van der Waals surface area contributed by atoms with Gasteiger partial charge in [0, 0.05) is 30.0 Å². The fourth-order valence-electron chi connectivity index (χ4n) is 2.86. The van der Waals surface area contributed by atoms with Crippen molar-refractivity contribution in [3.05, 3.63) is 34.9 Å². The maximum Gasteiger partial charge on any atom is 0.211 e. The minimum Gasteiger partial charge on any atom is -0.338 e. The summed E-state index contributed by atoms with van der Waals surface area (Å²) in [6, 6.07) is 9.21. The highest BCUT2D eigenvalue weighted by molar-refractivity contribution is 7.88. The number of nitrogens with one attached hydrogen (secondary N) is 2. The van der Waals surface area contributed by atoms with Crippen LogP contribution in [0.1, 0.15) is 18.4 Å². The summed E-state index contributed by atoms with van der Waals surface area (Å²) < 4.78 is 24.6. The Morgan fingerprint density at radius 3 is 2.81 bits per heavy atom. The molecule has 8 nitrogen and oxygen atoms in total. The van der Waals surface area contributed by atoms with E-state index in [0.29, 0.717) is 53.8 Å². The van der Waals surface area contributed by atoms with Gasteiger partial charge in [-0.1, -0.05) is 17.7 Å². The van der Waals surface area contributed by atoms with Crippen molar-refractivity contribution in [2.75, 3.05) is 24.7 Å². The molecule has 10 heteroatoms. The molecule has 0 spiro atoms. The number of halogens is 1. The molecule has 3 rings (SSSR count). The predicted molar refractivity (Wildman–Crippen MR) is 105 cm³/mol. The number of aliphatic imine (C=N–C) groups is 1. The van der Waals surface area contributed by atoms with Crippen molar-refractivity contribution in [1.29, 1.82) is 5.26 Å². The molecule has 1 aliphatic heterocycles. The van der Waals surface area contributed by atoms with Gasteiger partial charge in [0.25, 0.3) is 0 Å². The van der Waals surface area contributed by atoms with E-state index < -0.39 is 10.0 Å². The van der Waals surface area contributed by atoms with E-state index in [-0.39, 0.29) is 5.92 Å². The molecule has 0 atom stereocenters. The molecular weight excluding hydrogens is 388 g/mol. The number of sulfonamides is 1. The van der Waals surface area contributed by atoms with Gasteiger partial charge in [-0.25, -0.2) is 17.7 Å². The number of rotatable bonds is 5. The molecule has 27 heavy (non-hydrogen) atoms. The summed E-state index contributed by atoms with van der Waals surface area (Å²) in [5.74, 6) is 0.897. The third kappa shape index (κ3) is 4.86. The number of nitrogens with zero attached hydrogens (tertiary/aromatic N) is 4. The number of H-pyrrole nitrogens is 1. The van der Waals surface area contributed by atoms with Crippen LogP contribution in [-0.2, 0) is 10.0 Å². The fraction of sp³-hybridized carbons (Fsp3) is 0.353. The van der Waals surface area contributed by atoms with Crippen molar-refractivity contribution in [3.63, 3.8) is 0 Å². The molecule has 1 aromatic carbocycles. The van der Waals surface area contributed by atoms with Crippen molar-refractivity contribution in [1.82, 2.24) is 14.5 Å². The Labute approximate surface area is 162 Å². The lowest BCUT2D eigenvalue weighted by Gasteiger charge is -2.28. The third-order valence-electron chi connectivity index (χ3n) is 4.33. The first-order valence-electron chi connectivity index (χ1n) is 8.37. The summed E-state index contributed by atoms with van der Waals surface area (Å²) in [6.45, 7) is 0.955. The first-order valence-corrected chi connectivity index (χ1v) is 10.6. The van der Waals surface area contributed by atoms with Crippen LogP contribution in [0.3, 0.4) is 0 Å². The lowest BCUT2D eigenvalue weighted by atomic mass is 10.00. The number of aromatic amines is 1. The van der Waals surface area contributed by atoms with Gasteiger partial charge in [0.05, 0.1) is 6.26 Å². The number of anilines is 2. The molecule has 1 saturated heterocycles. The second-order valence-electron chi connectivity index (χ2n) is 6.32. The number of hydrogen-bond acceptors (Lipinski definition) is 6. The Kier molecular flexibility index (Phi) is 5.79. The minimum atomic E-state index is -3.14. The summed E-state index contributed by atoms with van der Waals surface area (Å²) in [4.78, 5) is 4.37. The summed E-state index contributed by atoms with van der Waals surface area (Å²) in [6.07, 6.45) is 4.37. The normalized spacial score (nSPS) is 16.5. The maximum atomic E-state index is 11.6. The number of nitriles is 1. The Bertz CT molecular complexity index is 987. The molecule has 1 aromatic heterocycles. The first kappa shape index (κ1) is 19.4. The van der Waals surface area contributed by atoms with Crippen molar-refractivity contribution >= 4 is 45.2 Å². The molecule has 142 valence electrons. The summed E-state index contributed by atoms with van der Waals surface area (Å²) >= 11 is 5.97. The number of benzene rings is 1. The average Bonchev–Trinajstić information content (AvgIpc) is 3.01. The largest absolute Gasteiger partial charge is 0.338 e. The Hall–Kier alpha value is -2.41. The molecule has 0 unspecified atom stereocenters. The van der Waals surface area contributed by atoms with Crippen LogP contribution in [0.5, 0.6) is 0 Å². The number of aromatic nitrogens is 2. The number of piperidine rings is 1. The molecule has 0 amide bonds. The van der Waals surface area contributed by atoms with Gasteiger partial charge in [0.15, 0.2) is 11.6 Å². The van der Waals surface area contributed by atoms with Gasteiger partial charge < -0.3 is 5.32 Å². The van der Waals surface area contributed by atoms with Crippen LogP contribution in [0.4, 0.5) is 17.3 Å². The summed E-state index contributed by atoms with van der Waals surface area (Å²) in [5, 5.41) is 20.0. The van der Waals surface area contributed by atoms with E-state index in [1.54, 1.807) is 24.4 Å². The van der Waals surface area contributed by atoms with Crippen LogP contribution in [-0.4, -0.2) is 48.5 Å². The van der Waals surface area contributed by atoms with Crippen LogP contribution >= 0.6 is 11.6 Å². The molecule has 1 aliphatic rings. The zero-order valence-corrected chi connectivity index (χ0v) is 16.3. The van der Waals surface area contributed by atoms with E-state index in [4.69, 9.17) is 11.6 Å². The molecule has 2 aromatic rings. The van der Waals surface area contributed by atoms with Gasteiger partial charge in [-0.15, -0.1) is 0 Å². The lowest BCUT2D eigenvalue weighted by molar-refractivity contribution is 0.320. The van der Waals surface area contributed by atoms with Crippen molar-refractivity contribution < 1.29 is 8.42 Å². The Morgan fingerprint density at radius 2 is 2.19 bits per heavy atom. The molecule has 2 heterocycles. The second kappa shape index (κ2) is 8.08. The van der Waals surface area contributed by atoms with Crippen LogP contribution < -0.4 is 5.32 Å². The predicted octanol–water partition coefficient (Wildman–Crippen LogP) is 3.05. The van der Waals surface area contributed by atoms with Crippen LogP contribution in [0.2, 0.25) is 5.02 Å². The highest BCUT2D eigenvalue weighted by Gasteiger charge is 2.24. The molecule has 0 saturated carbocycles. The minimum absolute atomic E-state index is 0.155. The SMILES string of the molecule is CS(=O)(=O)N1CCC(/C=N/c2[nH]nc(Nc3cccc(Cl)c3)c2C#N)CC1. The van der Waals surface area contributed by atoms with Crippen LogP contribution in [0.25, 0.3) is 0 Å². The van der Waals surface area contributed by atoms with Crippen molar-refractivity contribution in [3.8, 4) is 6.07 Å². The maximum absolute atomic E-state index is 11.6. The first-order chi connectivity index (χ1) is 12.9. The van der Waals surface area contributed by atoms with Crippen molar-refractivity contribution in [2.24, 2.45) is 10.9 Å². The van der Waals surface area contributed by atoms with Crippen LogP contribution in [0, 0.1) is 17.2 Å². The van der Waals surface area contributed by atoms with Gasteiger partial charge in [0.1, 0.15) is 11.6 Å². The molecular formula is C17H19ClN6O2S. The topological polar surface area (TPSA) is 114 Å². The van der Waals surface area contributed by atoms with Crippen molar-refractivity contribution in [2.45, 2.75) is 12.8 Å². The number of hydrogen-bond donors (Lipinski definition) is 2. The van der Waals surface area contributed by atoms with E-state index in [2.05, 4.69) is 26.6 Å². The zero-order valence-electron chi connectivity index (χ0n) is 14.7. The van der Waals surface area contributed by atoms with Gasteiger partial charge >= 0.3 is 0 Å². The van der Waals surface area contributed by atoms with E-state index in [1.165, 1.54) is 10.6 Å². The molecule has 2 N–H and O–H groups in total. The second-order valence-corrected chi connectivity index (χ2v) is 8.74. The molecule has 0 radical (unpaired) electrons. The smallest absolute Gasteiger partial charge is 0.211 e. The summed E-state index contributed by atoms with van der Waals surface area (Å²) in [7, 11) is -3.14. The molecule has 0 bridgehead atoms. The van der Waals surface area contributed by atoms with Gasteiger partial charge in [-0.3, -0.25) is 5.10 Å². The van der Waals surface area contributed by atoms with Crippen LogP contribution in [0.15, 0.2) is 29.3 Å². The quantitative estimate of drug-likeness (QED) is 0.740. The van der Waals surface area contributed by atoms with E-state index in [9.17, 15) is 13.7 Å². The third-order valence-corrected chi connectivity index (χ3v) is 5.87. The van der Waals surface area contributed by atoms with Gasteiger partial charge in [0.2, 0.25) is 10.0 Å². The zero-order chi connectivity index (χ0) is 19.4. The van der Waals surface area contributed by atoms with Gasteiger partial charge in [-0.2, -0.15) is 10.4 Å².